The van der Waals surface area contributed by atoms with Gasteiger partial charge in [-0.1, -0.05) is 0 Å². The summed E-state index contributed by atoms with van der Waals surface area (Å²) in [5, 5.41) is 0. The molecule has 0 radical (unpaired) electrons. The molecule has 18 heavy (non-hydrogen) atoms. The van der Waals surface area contributed by atoms with E-state index in [0.717, 1.165) is 24.6 Å². The number of nitrogens with zero attached hydrogens (tertiary/aromatic N) is 4. The lowest BCUT2D eigenvalue weighted by atomic mass is 10.2. The summed E-state index contributed by atoms with van der Waals surface area (Å²) in [5.41, 5.74) is 2.39. The minimum absolute atomic E-state index is 0.425. The van der Waals surface area contributed by atoms with Crippen LogP contribution in [0.2, 0.25) is 0 Å². The summed E-state index contributed by atoms with van der Waals surface area (Å²) in [6, 6.07) is 0.425. The minimum Gasteiger partial charge on any atom is -0.345 e. The van der Waals surface area contributed by atoms with Gasteiger partial charge < -0.3 is 9.55 Å². The van der Waals surface area contributed by atoms with E-state index in [0.29, 0.717) is 6.04 Å². The number of aromatic amines is 1. The molecule has 0 unspecified atom stereocenters. The van der Waals surface area contributed by atoms with Gasteiger partial charge in [0, 0.05) is 31.7 Å². The number of rotatable bonds is 3. The molecular weight excluding hydrogens is 226 g/mol. The Balaban J connectivity index is 1.77. The second-order valence-electron chi connectivity index (χ2n) is 5.08. The first-order valence-electron chi connectivity index (χ1n) is 6.45. The van der Waals surface area contributed by atoms with Crippen molar-refractivity contribution in [2.75, 3.05) is 6.54 Å². The number of aromatic nitrogens is 4. The van der Waals surface area contributed by atoms with Crippen LogP contribution < -0.4 is 0 Å². The molecule has 1 atom stereocenters. The number of imidazole rings is 2. The Morgan fingerprint density at radius 2 is 2.33 bits per heavy atom. The van der Waals surface area contributed by atoms with Crippen LogP contribution in [0.25, 0.3) is 0 Å². The van der Waals surface area contributed by atoms with Gasteiger partial charge in [0.05, 0.1) is 18.1 Å². The van der Waals surface area contributed by atoms with Crippen LogP contribution in [0.3, 0.4) is 0 Å². The summed E-state index contributed by atoms with van der Waals surface area (Å²) >= 11 is 0. The van der Waals surface area contributed by atoms with Crippen molar-refractivity contribution in [2.45, 2.75) is 32.4 Å². The largest absolute Gasteiger partial charge is 0.345 e. The third-order valence-electron chi connectivity index (χ3n) is 3.68. The first-order valence-corrected chi connectivity index (χ1v) is 6.45. The molecule has 0 bridgehead atoms. The van der Waals surface area contributed by atoms with Gasteiger partial charge in [0.15, 0.2) is 0 Å². The summed E-state index contributed by atoms with van der Waals surface area (Å²) in [6.45, 7) is 4.13. The van der Waals surface area contributed by atoms with Crippen molar-refractivity contribution >= 4 is 0 Å². The van der Waals surface area contributed by atoms with Crippen LogP contribution in [0.4, 0.5) is 0 Å². The molecule has 2 aromatic rings. The normalized spacial score (nSPS) is 20.7. The van der Waals surface area contributed by atoms with Gasteiger partial charge in [-0.25, -0.2) is 9.97 Å². The summed E-state index contributed by atoms with van der Waals surface area (Å²) < 4.78 is 2.09. The lowest BCUT2D eigenvalue weighted by Gasteiger charge is -2.22. The maximum atomic E-state index is 4.48. The number of H-pyrrole nitrogens is 1. The Morgan fingerprint density at radius 3 is 3.00 bits per heavy atom. The summed E-state index contributed by atoms with van der Waals surface area (Å²) in [6.07, 6.45) is 8.14. The molecule has 5 nitrogen and oxygen atoms in total. The van der Waals surface area contributed by atoms with Crippen molar-refractivity contribution in [2.24, 2.45) is 7.05 Å². The second kappa shape index (κ2) is 4.57. The topological polar surface area (TPSA) is 49.7 Å². The molecular formula is C13H19N5. The van der Waals surface area contributed by atoms with E-state index < -0.39 is 0 Å². The summed E-state index contributed by atoms with van der Waals surface area (Å²) in [7, 11) is 2.05. The lowest BCUT2D eigenvalue weighted by Crippen LogP contribution is -2.24. The van der Waals surface area contributed by atoms with Gasteiger partial charge in [-0.05, 0) is 26.3 Å². The third-order valence-corrected chi connectivity index (χ3v) is 3.68. The van der Waals surface area contributed by atoms with Crippen LogP contribution in [-0.2, 0) is 13.6 Å². The summed E-state index contributed by atoms with van der Waals surface area (Å²) in [4.78, 5) is 14.5. The monoisotopic (exact) mass is 245 g/mol. The van der Waals surface area contributed by atoms with Crippen molar-refractivity contribution in [1.29, 1.82) is 0 Å². The van der Waals surface area contributed by atoms with Gasteiger partial charge in [-0.15, -0.1) is 0 Å². The van der Waals surface area contributed by atoms with Crippen LogP contribution in [0, 0.1) is 6.92 Å². The van der Waals surface area contributed by atoms with Gasteiger partial charge in [0.25, 0.3) is 0 Å². The van der Waals surface area contributed by atoms with E-state index >= 15 is 0 Å². The minimum atomic E-state index is 0.425. The second-order valence-corrected chi connectivity index (χ2v) is 5.08. The highest BCUT2D eigenvalue weighted by atomic mass is 15.2. The fraction of sp³-hybridized carbons (Fsp3) is 0.538. The maximum Gasteiger partial charge on any atom is 0.123 e. The first kappa shape index (κ1) is 11.5. The van der Waals surface area contributed by atoms with Gasteiger partial charge in [-0.2, -0.15) is 0 Å². The van der Waals surface area contributed by atoms with Gasteiger partial charge >= 0.3 is 0 Å². The van der Waals surface area contributed by atoms with E-state index in [9.17, 15) is 0 Å². The van der Waals surface area contributed by atoms with Crippen LogP contribution in [0.5, 0.6) is 0 Å². The third kappa shape index (κ3) is 2.06. The lowest BCUT2D eigenvalue weighted by molar-refractivity contribution is 0.235. The Kier molecular flexibility index (Phi) is 2.91. The van der Waals surface area contributed by atoms with E-state index in [2.05, 4.69) is 31.3 Å². The maximum absolute atomic E-state index is 4.48. The predicted octanol–water partition coefficient (Wildman–Crippen LogP) is 1.79. The molecule has 5 heteroatoms. The van der Waals surface area contributed by atoms with Crippen molar-refractivity contribution in [1.82, 2.24) is 24.4 Å². The molecule has 0 amide bonds. The van der Waals surface area contributed by atoms with Crippen LogP contribution >= 0.6 is 0 Å². The number of hydrogen-bond donors (Lipinski definition) is 1. The highest BCUT2D eigenvalue weighted by Gasteiger charge is 2.28. The molecule has 0 aromatic carbocycles. The van der Waals surface area contributed by atoms with Gasteiger partial charge in [0.2, 0.25) is 0 Å². The van der Waals surface area contributed by atoms with E-state index in [1.165, 1.54) is 18.5 Å². The molecule has 96 valence electrons. The van der Waals surface area contributed by atoms with Crippen molar-refractivity contribution in [3.05, 3.63) is 35.9 Å². The smallest absolute Gasteiger partial charge is 0.123 e. The Morgan fingerprint density at radius 1 is 1.44 bits per heavy atom. The van der Waals surface area contributed by atoms with E-state index in [-0.39, 0.29) is 0 Å². The van der Waals surface area contributed by atoms with Crippen molar-refractivity contribution in [3.63, 3.8) is 0 Å². The van der Waals surface area contributed by atoms with Crippen LogP contribution in [0.1, 0.15) is 36.1 Å². The van der Waals surface area contributed by atoms with Crippen LogP contribution in [-0.4, -0.2) is 31.0 Å². The predicted molar refractivity (Wildman–Crippen MR) is 68.9 cm³/mol. The van der Waals surface area contributed by atoms with Gasteiger partial charge in [0.1, 0.15) is 5.82 Å². The van der Waals surface area contributed by atoms with E-state index in [1.54, 1.807) is 0 Å². The number of hydrogen-bond acceptors (Lipinski definition) is 3. The number of likely N-dealkylation sites (tertiary alicyclic amines) is 1. The standard InChI is InChI=1S/C13H19N5/c1-10-6-15-13(16-10)12-4-3-5-18(12)8-11-7-14-9-17(11)2/h6-7,9,12H,3-5,8H2,1-2H3,(H,15,16)/t12-/m0/s1. The Hall–Kier alpha value is -1.62. The zero-order valence-electron chi connectivity index (χ0n) is 10.9. The van der Waals surface area contributed by atoms with Crippen molar-refractivity contribution in [3.8, 4) is 0 Å². The van der Waals surface area contributed by atoms with Gasteiger partial charge in [-0.3, -0.25) is 4.90 Å². The Labute approximate surface area is 107 Å². The fourth-order valence-corrected chi connectivity index (χ4v) is 2.67. The molecule has 2 aromatic heterocycles. The molecule has 3 rings (SSSR count). The zero-order valence-corrected chi connectivity index (χ0v) is 10.9. The Bertz CT molecular complexity index is 527. The molecule has 1 saturated heterocycles. The molecule has 3 heterocycles. The number of aryl methyl sites for hydroxylation is 2. The first-order chi connectivity index (χ1) is 8.74. The molecule has 1 aliphatic heterocycles. The zero-order chi connectivity index (χ0) is 12.5. The van der Waals surface area contributed by atoms with E-state index in [1.807, 2.05) is 25.8 Å². The molecule has 1 aliphatic rings. The summed E-state index contributed by atoms with van der Waals surface area (Å²) in [5.74, 6) is 1.10. The van der Waals surface area contributed by atoms with Crippen molar-refractivity contribution < 1.29 is 0 Å². The molecule has 0 aliphatic carbocycles. The molecule has 1 fully saturated rings. The quantitative estimate of drug-likeness (QED) is 0.897. The molecule has 1 N–H and O–H groups in total. The highest BCUT2D eigenvalue weighted by Crippen LogP contribution is 2.31. The highest BCUT2D eigenvalue weighted by molar-refractivity contribution is 5.07. The molecule has 0 spiro atoms. The SMILES string of the molecule is Cc1cnc([C@@H]2CCCN2Cc2cncn2C)[nH]1. The van der Waals surface area contributed by atoms with E-state index in [4.69, 9.17) is 0 Å². The molecule has 0 saturated carbocycles. The number of nitrogens with one attached hydrogen (secondary N) is 1. The average Bonchev–Trinajstić information content (AvgIpc) is 3.03. The average molecular weight is 245 g/mol. The fourth-order valence-electron chi connectivity index (χ4n) is 2.67. The van der Waals surface area contributed by atoms with Crippen LogP contribution in [0.15, 0.2) is 18.7 Å².